The number of carbonyl (C=O) groups is 2. The van der Waals surface area contributed by atoms with Crippen LogP contribution in [0.5, 0.6) is 0 Å². The Hall–Kier alpha value is -1.77. The third kappa shape index (κ3) is 4.92. The van der Waals surface area contributed by atoms with E-state index in [4.69, 9.17) is 5.11 Å². The molecule has 3 N–H and O–H groups in total. The maximum atomic E-state index is 12.6. The molecule has 0 aliphatic carbocycles. The first-order valence-corrected chi connectivity index (χ1v) is 6.61. The highest BCUT2D eigenvalue weighted by molar-refractivity contribution is 9.10. The molecule has 116 valence electrons. The zero-order valence-electron chi connectivity index (χ0n) is 10.8. The van der Waals surface area contributed by atoms with Gasteiger partial charge in [-0.15, -0.1) is 0 Å². The second kappa shape index (κ2) is 6.79. The van der Waals surface area contributed by atoms with Gasteiger partial charge in [0, 0.05) is 4.47 Å². The van der Waals surface area contributed by atoms with Crippen molar-refractivity contribution in [2.75, 3.05) is 5.32 Å². The Labute approximate surface area is 126 Å². The fourth-order valence-electron chi connectivity index (χ4n) is 1.45. The number of hydrogen-bond acceptors (Lipinski definition) is 2. The zero-order valence-corrected chi connectivity index (χ0v) is 12.4. The molecule has 0 aliphatic heterocycles. The summed E-state index contributed by atoms with van der Waals surface area (Å²) in [6.07, 6.45) is -4.40. The maximum Gasteiger partial charge on any atom is 0.416 e. The van der Waals surface area contributed by atoms with Crippen LogP contribution in [-0.4, -0.2) is 23.1 Å². The number of amides is 2. The first kappa shape index (κ1) is 17.3. The third-order valence-corrected chi connectivity index (χ3v) is 3.25. The van der Waals surface area contributed by atoms with Crippen molar-refractivity contribution in [3.05, 3.63) is 28.2 Å². The van der Waals surface area contributed by atoms with Crippen LogP contribution >= 0.6 is 15.9 Å². The van der Waals surface area contributed by atoms with Gasteiger partial charge in [-0.1, -0.05) is 6.92 Å². The first-order valence-electron chi connectivity index (χ1n) is 5.82. The summed E-state index contributed by atoms with van der Waals surface area (Å²) >= 11 is 3.01. The lowest BCUT2D eigenvalue weighted by atomic mass is 10.2. The molecule has 0 saturated heterocycles. The van der Waals surface area contributed by atoms with E-state index in [1.807, 2.05) is 0 Å². The van der Waals surface area contributed by atoms with Crippen LogP contribution in [0.1, 0.15) is 18.9 Å². The van der Waals surface area contributed by atoms with Gasteiger partial charge in [-0.05, 0) is 40.5 Å². The van der Waals surface area contributed by atoms with Crippen LogP contribution in [0.4, 0.5) is 23.7 Å². The lowest BCUT2D eigenvalue weighted by Gasteiger charge is -2.15. The van der Waals surface area contributed by atoms with Crippen molar-refractivity contribution < 1.29 is 27.9 Å². The molecular formula is C12H12BrF3N2O3. The summed E-state index contributed by atoms with van der Waals surface area (Å²) < 4.78 is 38.0. The van der Waals surface area contributed by atoms with Crippen molar-refractivity contribution in [1.82, 2.24) is 5.32 Å². The zero-order chi connectivity index (χ0) is 16.2. The van der Waals surface area contributed by atoms with E-state index >= 15 is 0 Å². The van der Waals surface area contributed by atoms with E-state index in [0.29, 0.717) is 0 Å². The molecule has 1 aromatic rings. The molecule has 9 heteroatoms. The van der Waals surface area contributed by atoms with E-state index in [1.54, 1.807) is 6.92 Å². The molecule has 0 spiro atoms. The van der Waals surface area contributed by atoms with Gasteiger partial charge >= 0.3 is 18.2 Å². The summed E-state index contributed by atoms with van der Waals surface area (Å²) in [5.41, 5.74) is -1.03. The van der Waals surface area contributed by atoms with Crippen molar-refractivity contribution in [3.63, 3.8) is 0 Å². The van der Waals surface area contributed by atoms with Gasteiger partial charge in [0.25, 0.3) is 0 Å². The molecule has 0 fully saturated rings. The average molecular weight is 369 g/mol. The smallest absolute Gasteiger partial charge is 0.416 e. The van der Waals surface area contributed by atoms with Crippen LogP contribution in [-0.2, 0) is 11.0 Å². The predicted molar refractivity (Wildman–Crippen MR) is 73.0 cm³/mol. The van der Waals surface area contributed by atoms with Gasteiger partial charge in [-0.25, -0.2) is 9.59 Å². The van der Waals surface area contributed by atoms with Crippen molar-refractivity contribution >= 4 is 33.6 Å². The largest absolute Gasteiger partial charge is 0.480 e. The van der Waals surface area contributed by atoms with Gasteiger partial charge < -0.3 is 15.7 Å². The number of anilines is 1. The summed E-state index contributed by atoms with van der Waals surface area (Å²) in [5.74, 6) is -1.23. The van der Waals surface area contributed by atoms with Gasteiger partial charge in [-0.2, -0.15) is 13.2 Å². The number of carboxylic acids is 1. The minimum Gasteiger partial charge on any atom is -0.480 e. The van der Waals surface area contributed by atoms with Crippen LogP contribution < -0.4 is 10.6 Å². The van der Waals surface area contributed by atoms with E-state index < -0.39 is 29.8 Å². The standard InChI is InChI=1S/C12H12BrF3N2O3/c1-2-8(10(19)20)17-11(21)18-9-5-6(12(14,15)16)3-4-7(9)13/h3-5,8H,2H2,1H3,(H,19,20)(H2,17,18,21)/t8-/m1/s1. The van der Waals surface area contributed by atoms with Crippen molar-refractivity contribution in [1.29, 1.82) is 0 Å². The maximum absolute atomic E-state index is 12.6. The fourth-order valence-corrected chi connectivity index (χ4v) is 1.80. The molecule has 1 aromatic carbocycles. The molecule has 1 atom stereocenters. The summed E-state index contributed by atoms with van der Waals surface area (Å²) in [6, 6.07) is 0.747. The molecule has 0 saturated carbocycles. The van der Waals surface area contributed by atoms with Crippen LogP contribution in [0.25, 0.3) is 0 Å². The summed E-state index contributed by atoms with van der Waals surface area (Å²) in [4.78, 5) is 22.4. The minimum atomic E-state index is -4.54. The van der Waals surface area contributed by atoms with E-state index in [1.165, 1.54) is 0 Å². The molecule has 0 unspecified atom stereocenters. The number of halogens is 4. The monoisotopic (exact) mass is 368 g/mol. The Kier molecular flexibility index (Phi) is 5.59. The number of carboxylic acid groups (broad SMARTS) is 1. The summed E-state index contributed by atoms with van der Waals surface area (Å²) in [5, 5.41) is 13.1. The molecule has 5 nitrogen and oxygen atoms in total. The Balaban J connectivity index is 2.87. The Morgan fingerprint density at radius 1 is 1.38 bits per heavy atom. The fraction of sp³-hybridized carbons (Fsp3) is 0.333. The van der Waals surface area contributed by atoms with Gasteiger partial charge in [-0.3, -0.25) is 0 Å². The summed E-state index contributed by atoms with van der Waals surface area (Å²) in [7, 11) is 0. The highest BCUT2D eigenvalue weighted by atomic mass is 79.9. The predicted octanol–water partition coefficient (Wildman–Crippen LogP) is 3.45. The van der Waals surface area contributed by atoms with Gasteiger partial charge in [0.1, 0.15) is 6.04 Å². The van der Waals surface area contributed by atoms with E-state index in [0.717, 1.165) is 18.2 Å². The number of benzene rings is 1. The number of rotatable bonds is 4. The van der Waals surface area contributed by atoms with Gasteiger partial charge in [0.05, 0.1) is 11.3 Å². The molecule has 0 bridgehead atoms. The lowest BCUT2D eigenvalue weighted by molar-refractivity contribution is -0.139. The van der Waals surface area contributed by atoms with Crippen LogP contribution in [0.15, 0.2) is 22.7 Å². The molecule has 0 aromatic heterocycles. The van der Waals surface area contributed by atoms with Crippen molar-refractivity contribution in [2.24, 2.45) is 0 Å². The van der Waals surface area contributed by atoms with E-state index in [9.17, 15) is 22.8 Å². The normalized spacial score (nSPS) is 12.6. The summed E-state index contributed by atoms with van der Waals surface area (Å²) in [6.45, 7) is 1.55. The number of aliphatic carboxylic acids is 1. The number of carbonyl (C=O) groups excluding carboxylic acids is 1. The first-order chi connectivity index (χ1) is 9.65. The second-order valence-corrected chi connectivity index (χ2v) is 4.94. The molecule has 2 amide bonds. The Morgan fingerprint density at radius 2 is 2.00 bits per heavy atom. The number of nitrogens with one attached hydrogen (secondary N) is 2. The number of alkyl halides is 3. The van der Waals surface area contributed by atoms with Crippen molar-refractivity contribution in [2.45, 2.75) is 25.6 Å². The molecule has 1 rings (SSSR count). The molecule has 0 heterocycles. The van der Waals surface area contributed by atoms with Crippen LogP contribution in [0.3, 0.4) is 0 Å². The van der Waals surface area contributed by atoms with E-state index in [-0.39, 0.29) is 16.6 Å². The quantitative estimate of drug-likeness (QED) is 0.761. The second-order valence-electron chi connectivity index (χ2n) is 4.09. The SMILES string of the molecule is CC[C@@H](NC(=O)Nc1cc(C(F)(F)F)ccc1Br)C(=O)O. The Bertz CT molecular complexity index is 549. The third-order valence-electron chi connectivity index (χ3n) is 2.55. The molecule has 0 aliphatic rings. The van der Waals surface area contributed by atoms with Crippen molar-refractivity contribution in [3.8, 4) is 0 Å². The van der Waals surface area contributed by atoms with Gasteiger partial charge in [0.15, 0.2) is 0 Å². The average Bonchev–Trinajstić information content (AvgIpc) is 2.36. The van der Waals surface area contributed by atoms with E-state index in [2.05, 4.69) is 26.6 Å². The van der Waals surface area contributed by atoms with Gasteiger partial charge in [0.2, 0.25) is 0 Å². The number of urea groups is 1. The molecule has 0 radical (unpaired) electrons. The topological polar surface area (TPSA) is 78.4 Å². The molecule has 21 heavy (non-hydrogen) atoms. The lowest BCUT2D eigenvalue weighted by Crippen LogP contribution is -2.42. The van der Waals surface area contributed by atoms with Crippen LogP contribution in [0, 0.1) is 0 Å². The highest BCUT2D eigenvalue weighted by Crippen LogP contribution is 2.33. The van der Waals surface area contributed by atoms with Crippen LogP contribution in [0.2, 0.25) is 0 Å². The Morgan fingerprint density at radius 3 is 2.48 bits per heavy atom. The minimum absolute atomic E-state index is 0.109. The number of hydrogen-bond donors (Lipinski definition) is 3. The molecular weight excluding hydrogens is 357 g/mol. The highest BCUT2D eigenvalue weighted by Gasteiger charge is 2.31.